The normalized spacial score (nSPS) is 14.2. The van der Waals surface area contributed by atoms with Crippen molar-refractivity contribution < 1.29 is 9.53 Å². The lowest BCUT2D eigenvalue weighted by molar-refractivity contribution is 0.0735. The predicted molar refractivity (Wildman–Crippen MR) is 115 cm³/mol. The Morgan fingerprint density at radius 1 is 1.03 bits per heavy atom. The zero-order valence-corrected chi connectivity index (χ0v) is 17.3. The number of aryl methyl sites for hydroxylation is 1. The molecule has 1 aromatic heterocycles. The van der Waals surface area contributed by atoms with Crippen molar-refractivity contribution in [3.05, 3.63) is 65.3 Å². The molecule has 1 aliphatic rings. The SMILES string of the molecule is COc1ccc(-c2cc(C(=O)N3CCN(c4cccc(Cl)c4)CC3)n(C)n2)cc1. The van der Waals surface area contributed by atoms with Gasteiger partial charge in [-0.05, 0) is 48.5 Å². The molecule has 6 nitrogen and oxygen atoms in total. The van der Waals surface area contributed by atoms with Crippen molar-refractivity contribution in [3.8, 4) is 17.0 Å². The van der Waals surface area contributed by atoms with Gasteiger partial charge in [-0.3, -0.25) is 9.48 Å². The molecule has 0 N–H and O–H groups in total. The fourth-order valence-electron chi connectivity index (χ4n) is 3.57. The maximum Gasteiger partial charge on any atom is 0.272 e. The van der Waals surface area contributed by atoms with Crippen LogP contribution in [0, 0.1) is 0 Å². The number of rotatable bonds is 4. The lowest BCUT2D eigenvalue weighted by Gasteiger charge is -2.36. The van der Waals surface area contributed by atoms with E-state index in [0.29, 0.717) is 18.8 Å². The van der Waals surface area contributed by atoms with Crippen LogP contribution in [0.5, 0.6) is 5.75 Å². The molecule has 0 radical (unpaired) electrons. The van der Waals surface area contributed by atoms with Crippen LogP contribution in [0.3, 0.4) is 0 Å². The molecule has 0 atom stereocenters. The number of hydrogen-bond acceptors (Lipinski definition) is 4. The van der Waals surface area contributed by atoms with Crippen LogP contribution in [0.1, 0.15) is 10.5 Å². The number of ether oxygens (including phenoxy) is 1. The number of carbonyl (C=O) groups excluding carboxylic acids is 1. The van der Waals surface area contributed by atoms with Crippen LogP contribution < -0.4 is 9.64 Å². The number of hydrogen-bond donors (Lipinski definition) is 0. The van der Waals surface area contributed by atoms with Gasteiger partial charge in [-0.1, -0.05) is 17.7 Å². The van der Waals surface area contributed by atoms with Gasteiger partial charge in [-0.2, -0.15) is 5.10 Å². The minimum atomic E-state index is 0.00510. The second-order valence-electron chi connectivity index (χ2n) is 7.03. The van der Waals surface area contributed by atoms with Gasteiger partial charge in [0.25, 0.3) is 5.91 Å². The van der Waals surface area contributed by atoms with Crippen LogP contribution in [0.15, 0.2) is 54.6 Å². The van der Waals surface area contributed by atoms with Crippen molar-refractivity contribution in [3.63, 3.8) is 0 Å². The van der Waals surface area contributed by atoms with Gasteiger partial charge in [0.1, 0.15) is 11.4 Å². The van der Waals surface area contributed by atoms with Crippen molar-refractivity contribution >= 4 is 23.2 Å². The number of nitrogens with zero attached hydrogens (tertiary/aromatic N) is 4. The van der Waals surface area contributed by atoms with Gasteiger partial charge in [0.05, 0.1) is 12.8 Å². The molecule has 1 aliphatic heterocycles. The molecule has 0 saturated carbocycles. The van der Waals surface area contributed by atoms with Gasteiger partial charge in [-0.25, -0.2) is 0 Å². The highest BCUT2D eigenvalue weighted by molar-refractivity contribution is 6.30. The first-order valence-corrected chi connectivity index (χ1v) is 9.91. The van der Waals surface area contributed by atoms with E-state index in [1.165, 1.54) is 0 Å². The first-order valence-electron chi connectivity index (χ1n) is 9.53. The van der Waals surface area contributed by atoms with E-state index in [-0.39, 0.29) is 5.91 Å². The summed E-state index contributed by atoms with van der Waals surface area (Å²) in [5.41, 5.74) is 3.40. The third-order valence-electron chi connectivity index (χ3n) is 5.22. The summed E-state index contributed by atoms with van der Waals surface area (Å²) in [6.45, 7) is 2.87. The lowest BCUT2D eigenvalue weighted by Crippen LogP contribution is -2.49. The Bertz CT molecular complexity index is 1010. The van der Waals surface area contributed by atoms with Crippen molar-refractivity contribution in [2.45, 2.75) is 0 Å². The summed E-state index contributed by atoms with van der Waals surface area (Å²) >= 11 is 6.10. The van der Waals surface area contributed by atoms with Crippen LogP contribution in [-0.4, -0.2) is 53.9 Å². The van der Waals surface area contributed by atoms with Crippen molar-refractivity contribution in [1.82, 2.24) is 14.7 Å². The van der Waals surface area contributed by atoms with Crippen LogP contribution in [0.4, 0.5) is 5.69 Å². The van der Waals surface area contributed by atoms with Gasteiger partial charge in [0, 0.05) is 49.5 Å². The Morgan fingerprint density at radius 3 is 2.41 bits per heavy atom. The summed E-state index contributed by atoms with van der Waals surface area (Å²) in [6.07, 6.45) is 0. The Balaban J connectivity index is 1.45. The van der Waals surface area contributed by atoms with Gasteiger partial charge in [0.15, 0.2) is 0 Å². The number of anilines is 1. The Kier molecular flexibility index (Phi) is 5.45. The Labute approximate surface area is 175 Å². The largest absolute Gasteiger partial charge is 0.497 e. The van der Waals surface area contributed by atoms with E-state index in [4.69, 9.17) is 16.3 Å². The molecule has 2 heterocycles. The number of carbonyl (C=O) groups is 1. The monoisotopic (exact) mass is 410 g/mol. The van der Waals surface area contributed by atoms with E-state index in [2.05, 4.69) is 10.00 Å². The van der Waals surface area contributed by atoms with E-state index in [9.17, 15) is 4.79 Å². The Hall–Kier alpha value is -2.99. The molecular weight excluding hydrogens is 388 g/mol. The molecule has 0 spiro atoms. The van der Waals surface area contributed by atoms with Crippen LogP contribution >= 0.6 is 11.6 Å². The van der Waals surface area contributed by atoms with Gasteiger partial charge in [0.2, 0.25) is 0 Å². The molecule has 4 rings (SSSR count). The third-order valence-corrected chi connectivity index (χ3v) is 5.46. The minimum absolute atomic E-state index is 0.00510. The summed E-state index contributed by atoms with van der Waals surface area (Å²) in [5.74, 6) is 0.795. The molecule has 1 amide bonds. The number of aromatic nitrogens is 2. The molecule has 150 valence electrons. The molecule has 3 aromatic rings. The number of piperazine rings is 1. The number of methoxy groups -OCH3 is 1. The second-order valence-corrected chi connectivity index (χ2v) is 7.46. The van der Waals surface area contributed by atoms with E-state index in [1.807, 2.05) is 66.5 Å². The average Bonchev–Trinajstić information content (AvgIpc) is 3.15. The third kappa shape index (κ3) is 4.07. The van der Waals surface area contributed by atoms with Gasteiger partial charge in [-0.15, -0.1) is 0 Å². The number of benzene rings is 2. The highest BCUT2D eigenvalue weighted by Gasteiger charge is 2.25. The molecule has 1 fully saturated rings. The standard InChI is InChI=1S/C22H23ClN4O2/c1-25-21(15-20(24-25)16-6-8-19(29-2)9-7-16)22(28)27-12-10-26(11-13-27)18-5-3-4-17(23)14-18/h3-9,14-15H,10-13H2,1-2H3. The molecule has 0 bridgehead atoms. The van der Waals surface area contributed by atoms with Gasteiger partial charge >= 0.3 is 0 Å². The predicted octanol–water partition coefficient (Wildman–Crippen LogP) is 3.71. The quantitative estimate of drug-likeness (QED) is 0.658. The van der Waals surface area contributed by atoms with Crippen LogP contribution in [0.25, 0.3) is 11.3 Å². The molecular formula is C22H23ClN4O2. The maximum absolute atomic E-state index is 13.1. The summed E-state index contributed by atoms with van der Waals surface area (Å²) < 4.78 is 6.86. The Morgan fingerprint density at radius 2 is 1.76 bits per heavy atom. The van der Waals surface area contributed by atoms with Crippen LogP contribution in [0.2, 0.25) is 5.02 Å². The molecule has 7 heteroatoms. The molecule has 2 aromatic carbocycles. The van der Waals surface area contributed by atoms with E-state index >= 15 is 0 Å². The lowest BCUT2D eigenvalue weighted by atomic mass is 10.1. The van der Waals surface area contributed by atoms with E-state index < -0.39 is 0 Å². The minimum Gasteiger partial charge on any atom is -0.497 e. The molecule has 0 unspecified atom stereocenters. The highest BCUT2D eigenvalue weighted by Crippen LogP contribution is 2.24. The molecule has 0 aliphatic carbocycles. The van der Waals surface area contributed by atoms with Gasteiger partial charge < -0.3 is 14.5 Å². The van der Waals surface area contributed by atoms with E-state index in [1.54, 1.807) is 11.8 Å². The molecule has 1 saturated heterocycles. The summed E-state index contributed by atoms with van der Waals surface area (Å²) in [7, 11) is 3.45. The summed E-state index contributed by atoms with van der Waals surface area (Å²) in [6, 6.07) is 17.3. The maximum atomic E-state index is 13.1. The van der Waals surface area contributed by atoms with E-state index in [0.717, 1.165) is 40.8 Å². The molecule has 29 heavy (non-hydrogen) atoms. The smallest absolute Gasteiger partial charge is 0.272 e. The number of halogens is 1. The summed E-state index contributed by atoms with van der Waals surface area (Å²) in [5, 5.41) is 5.25. The zero-order valence-electron chi connectivity index (χ0n) is 16.5. The van der Waals surface area contributed by atoms with Crippen LogP contribution in [-0.2, 0) is 7.05 Å². The fraction of sp³-hybridized carbons (Fsp3) is 0.273. The first-order chi connectivity index (χ1) is 14.0. The second kappa shape index (κ2) is 8.17. The average molecular weight is 411 g/mol. The summed E-state index contributed by atoms with van der Waals surface area (Å²) in [4.78, 5) is 17.2. The zero-order chi connectivity index (χ0) is 20.4. The fourth-order valence-corrected chi connectivity index (χ4v) is 3.76. The number of amides is 1. The topological polar surface area (TPSA) is 50.6 Å². The van der Waals surface area contributed by atoms with Crippen molar-refractivity contribution in [2.75, 3.05) is 38.2 Å². The highest BCUT2D eigenvalue weighted by atomic mass is 35.5. The van der Waals surface area contributed by atoms with Crippen molar-refractivity contribution in [2.24, 2.45) is 7.05 Å². The van der Waals surface area contributed by atoms with Crippen molar-refractivity contribution in [1.29, 1.82) is 0 Å². The first kappa shape index (κ1) is 19.3.